The Morgan fingerprint density at radius 1 is 1.47 bits per heavy atom. The largest absolute Gasteiger partial charge is 0.477 e. The van der Waals surface area contributed by atoms with Gasteiger partial charge < -0.3 is 5.11 Å². The monoisotopic (exact) mass is 246 g/mol. The van der Waals surface area contributed by atoms with E-state index in [0.717, 1.165) is 17.4 Å². The van der Waals surface area contributed by atoms with Crippen LogP contribution >= 0.6 is 23.5 Å². The molecule has 0 bridgehead atoms. The molecule has 6 heteroatoms. The maximum absolute atomic E-state index is 13.1. The first-order valence-corrected chi connectivity index (χ1v) is 5.40. The third kappa shape index (κ3) is 1.70. The lowest BCUT2D eigenvalue weighted by Gasteiger charge is -1.96. The smallest absolute Gasteiger partial charge is 0.345 e. The summed E-state index contributed by atoms with van der Waals surface area (Å²) in [5, 5.41) is 9.04. The summed E-state index contributed by atoms with van der Waals surface area (Å²) in [6.45, 7) is 0. The molecule has 1 aromatic heterocycles. The summed E-state index contributed by atoms with van der Waals surface area (Å²) in [6.07, 6.45) is 0. The molecule has 0 radical (unpaired) electrons. The Morgan fingerprint density at radius 3 is 2.80 bits per heavy atom. The number of carbonyl (C=O) groups is 1. The molecule has 0 spiro atoms. The van der Waals surface area contributed by atoms with Gasteiger partial charge in [-0.05, 0) is 18.2 Å². The maximum atomic E-state index is 13.1. The lowest BCUT2D eigenvalue weighted by atomic mass is 10.2. The van der Waals surface area contributed by atoms with Crippen molar-refractivity contribution in [3.63, 3.8) is 0 Å². The number of carboxylic acid groups (broad SMARTS) is 1. The zero-order chi connectivity index (χ0) is 11.0. The van der Waals surface area contributed by atoms with Crippen LogP contribution in [0.2, 0.25) is 0 Å². The Morgan fingerprint density at radius 2 is 2.20 bits per heavy atom. The SMILES string of the molecule is O=C(O)c1cc2c(SF)c(F)ccc2s1. The highest BCUT2D eigenvalue weighted by atomic mass is 32.2. The van der Waals surface area contributed by atoms with Crippen molar-refractivity contribution in [3.05, 3.63) is 28.9 Å². The fourth-order valence-electron chi connectivity index (χ4n) is 1.24. The number of benzene rings is 1. The van der Waals surface area contributed by atoms with Crippen molar-refractivity contribution in [1.82, 2.24) is 0 Å². The van der Waals surface area contributed by atoms with Gasteiger partial charge in [0.05, 0.1) is 17.0 Å². The lowest BCUT2D eigenvalue weighted by Crippen LogP contribution is -1.89. The molecule has 1 heterocycles. The molecule has 0 fully saturated rings. The normalized spacial score (nSPS) is 10.8. The third-order valence-electron chi connectivity index (χ3n) is 1.89. The van der Waals surface area contributed by atoms with E-state index in [1.165, 1.54) is 12.1 Å². The molecule has 78 valence electrons. The molecule has 2 nitrogen and oxygen atoms in total. The van der Waals surface area contributed by atoms with Crippen LogP contribution in [0.15, 0.2) is 23.1 Å². The molecule has 1 N–H and O–H groups in total. The molecule has 0 saturated carbocycles. The summed E-state index contributed by atoms with van der Waals surface area (Å²) in [6, 6.07) is 3.86. The molecule has 0 aliphatic heterocycles. The molecular weight excluding hydrogens is 242 g/mol. The summed E-state index contributed by atoms with van der Waals surface area (Å²) in [5.41, 5.74) is 0. The van der Waals surface area contributed by atoms with Crippen LogP contribution in [0, 0.1) is 5.82 Å². The Hall–Kier alpha value is -1.14. The topological polar surface area (TPSA) is 37.3 Å². The molecule has 0 amide bonds. The Bertz CT molecular complexity index is 536. The van der Waals surface area contributed by atoms with Crippen molar-refractivity contribution in [2.45, 2.75) is 4.90 Å². The molecule has 2 aromatic rings. The molecule has 2 rings (SSSR count). The average molecular weight is 246 g/mol. The second-order valence-electron chi connectivity index (χ2n) is 2.78. The molecule has 1 aromatic carbocycles. The van der Waals surface area contributed by atoms with Crippen LogP contribution in [0.1, 0.15) is 9.67 Å². The summed E-state index contributed by atoms with van der Waals surface area (Å²) < 4.78 is 26.2. The number of thiophene rings is 1. The van der Waals surface area contributed by atoms with Crippen LogP contribution in [0.4, 0.5) is 8.28 Å². The summed E-state index contributed by atoms with van der Waals surface area (Å²) in [5.74, 6) is -1.77. The van der Waals surface area contributed by atoms with E-state index in [0.29, 0.717) is 10.1 Å². The number of carboxylic acids is 1. The van der Waals surface area contributed by atoms with E-state index in [1.54, 1.807) is 0 Å². The van der Waals surface area contributed by atoms with Crippen molar-refractivity contribution in [1.29, 1.82) is 0 Å². The van der Waals surface area contributed by atoms with Gasteiger partial charge in [0.25, 0.3) is 0 Å². The van der Waals surface area contributed by atoms with Gasteiger partial charge in [-0.15, -0.1) is 11.3 Å². The number of aromatic carboxylic acids is 1. The van der Waals surface area contributed by atoms with Gasteiger partial charge >= 0.3 is 5.97 Å². The highest BCUT2D eigenvalue weighted by Gasteiger charge is 2.14. The van der Waals surface area contributed by atoms with Gasteiger partial charge in [0.15, 0.2) is 0 Å². The van der Waals surface area contributed by atoms with Crippen LogP contribution in [-0.4, -0.2) is 11.1 Å². The molecular formula is C9H4F2O2S2. The summed E-state index contributed by atoms with van der Waals surface area (Å²) >= 11 is 0.786. The fourth-order valence-corrected chi connectivity index (χ4v) is 2.61. The van der Waals surface area contributed by atoms with Crippen LogP contribution < -0.4 is 0 Å². The van der Waals surface area contributed by atoms with Crippen molar-refractivity contribution in [2.75, 3.05) is 0 Å². The van der Waals surface area contributed by atoms with Crippen LogP contribution in [0.3, 0.4) is 0 Å². The zero-order valence-corrected chi connectivity index (χ0v) is 8.79. The molecule has 0 aliphatic carbocycles. The van der Waals surface area contributed by atoms with Crippen molar-refractivity contribution < 1.29 is 18.2 Å². The minimum absolute atomic E-state index is 0.0749. The van der Waals surface area contributed by atoms with Gasteiger partial charge in [0.1, 0.15) is 10.7 Å². The first-order chi connectivity index (χ1) is 7.13. The van der Waals surface area contributed by atoms with Crippen molar-refractivity contribution in [2.24, 2.45) is 0 Å². The second-order valence-corrected chi connectivity index (χ2v) is 4.43. The number of hydrogen-bond donors (Lipinski definition) is 1. The Kier molecular flexibility index (Phi) is 2.62. The predicted octanol–water partition coefficient (Wildman–Crippen LogP) is 3.72. The fraction of sp³-hybridized carbons (Fsp3) is 0. The van der Waals surface area contributed by atoms with Gasteiger partial charge in [-0.25, -0.2) is 9.18 Å². The van der Waals surface area contributed by atoms with E-state index in [9.17, 15) is 13.1 Å². The third-order valence-corrected chi connectivity index (χ3v) is 3.55. The lowest BCUT2D eigenvalue weighted by molar-refractivity contribution is 0.0702. The molecule has 15 heavy (non-hydrogen) atoms. The Labute approximate surface area is 91.8 Å². The maximum Gasteiger partial charge on any atom is 0.345 e. The number of fused-ring (bicyclic) bond motifs is 1. The van der Waals surface area contributed by atoms with E-state index in [-0.39, 0.29) is 21.9 Å². The van der Waals surface area contributed by atoms with Crippen molar-refractivity contribution in [3.8, 4) is 0 Å². The number of hydrogen-bond acceptors (Lipinski definition) is 3. The van der Waals surface area contributed by atoms with E-state index >= 15 is 0 Å². The highest BCUT2D eigenvalue weighted by Crippen LogP contribution is 2.35. The highest BCUT2D eigenvalue weighted by molar-refractivity contribution is 7.94. The minimum Gasteiger partial charge on any atom is -0.477 e. The van der Waals surface area contributed by atoms with E-state index in [4.69, 9.17) is 5.11 Å². The quantitative estimate of drug-likeness (QED) is 0.877. The molecule has 0 aliphatic rings. The van der Waals surface area contributed by atoms with Crippen molar-refractivity contribution >= 4 is 39.5 Å². The summed E-state index contributed by atoms with van der Waals surface area (Å²) in [4.78, 5) is 10.6. The van der Waals surface area contributed by atoms with Crippen LogP contribution in [-0.2, 0) is 0 Å². The van der Waals surface area contributed by atoms with E-state index in [2.05, 4.69) is 0 Å². The first-order valence-electron chi connectivity index (χ1n) is 3.87. The number of halogens is 2. The molecule has 0 atom stereocenters. The second kappa shape index (κ2) is 3.79. The predicted molar refractivity (Wildman–Crippen MR) is 55.7 cm³/mol. The Balaban J connectivity index is 2.75. The molecule has 0 saturated heterocycles. The van der Waals surface area contributed by atoms with Gasteiger partial charge in [-0.3, -0.25) is 0 Å². The van der Waals surface area contributed by atoms with Gasteiger partial charge in [-0.2, -0.15) is 3.89 Å². The summed E-state index contributed by atoms with van der Waals surface area (Å²) in [7, 11) is 0. The van der Waals surface area contributed by atoms with Gasteiger partial charge in [0.2, 0.25) is 0 Å². The molecule has 0 unspecified atom stereocenters. The van der Waals surface area contributed by atoms with Gasteiger partial charge in [0, 0.05) is 10.1 Å². The first kappa shape index (κ1) is 10.4. The van der Waals surface area contributed by atoms with Crippen LogP contribution in [0.5, 0.6) is 0 Å². The van der Waals surface area contributed by atoms with E-state index < -0.39 is 11.8 Å². The average Bonchev–Trinajstić information content (AvgIpc) is 2.61. The standard InChI is InChI=1S/C9H4F2O2S2/c10-5-1-2-6-4(8(5)15-11)3-7(14-6)9(12)13/h1-3H,(H,12,13). The van der Waals surface area contributed by atoms with Crippen LogP contribution in [0.25, 0.3) is 10.1 Å². The van der Waals surface area contributed by atoms with E-state index in [1.807, 2.05) is 0 Å². The van der Waals surface area contributed by atoms with Gasteiger partial charge in [-0.1, -0.05) is 0 Å². The number of rotatable bonds is 2. The minimum atomic E-state index is -1.09. The zero-order valence-electron chi connectivity index (χ0n) is 7.16.